The van der Waals surface area contributed by atoms with E-state index in [9.17, 15) is 9.67 Å². The Balaban J connectivity index is 2.45. The van der Waals surface area contributed by atoms with Crippen molar-refractivity contribution in [3.05, 3.63) is 58.6 Å². The third kappa shape index (κ3) is 4.28. The third-order valence-corrected chi connectivity index (χ3v) is 6.81. The molecule has 2 aromatic carbocycles. The molecule has 0 aromatic heterocycles. The largest absolute Gasteiger partial charge is 0.378 e. The molecule has 0 aliphatic carbocycles. The summed E-state index contributed by atoms with van der Waals surface area (Å²) in [6.45, 7) is 3.63. The highest BCUT2D eigenvalue weighted by Crippen LogP contribution is 2.58. The van der Waals surface area contributed by atoms with E-state index in [-0.39, 0.29) is 6.10 Å². The van der Waals surface area contributed by atoms with Crippen LogP contribution in [0.5, 0.6) is 0 Å². The average molecular weight is 412 g/mol. The molecule has 0 aliphatic rings. The fourth-order valence-electron chi connectivity index (χ4n) is 2.36. The van der Waals surface area contributed by atoms with Crippen LogP contribution >= 0.6 is 23.3 Å². The zero-order valence-corrected chi connectivity index (χ0v) is 16.8. The zero-order chi connectivity index (χ0) is 17.9. The van der Waals surface area contributed by atoms with Crippen LogP contribution in [-0.2, 0) is 9.09 Å². The summed E-state index contributed by atoms with van der Waals surface area (Å²) in [7, 11) is 0.396. The van der Waals surface area contributed by atoms with Gasteiger partial charge in [0, 0.05) is 29.6 Å². The summed E-state index contributed by atoms with van der Waals surface area (Å²) < 4.78 is 20.2. The number of halogens is 1. The van der Waals surface area contributed by atoms with Crippen LogP contribution in [0.2, 0.25) is 0 Å². The molecule has 0 spiro atoms. The molecule has 0 amide bonds. The van der Waals surface area contributed by atoms with Crippen molar-refractivity contribution in [2.45, 2.75) is 25.8 Å². The van der Waals surface area contributed by atoms with E-state index in [2.05, 4.69) is 15.9 Å². The topological polar surface area (TPSA) is 49.8 Å². The maximum atomic E-state index is 13.6. The Morgan fingerprint density at radius 2 is 1.58 bits per heavy atom. The molecule has 0 bridgehead atoms. The highest BCUT2D eigenvalue weighted by molar-refractivity contribution is 9.10. The van der Waals surface area contributed by atoms with E-state index >= 15 is 0 Å². The Kier molecular flexibility index (Phi) is 6.27. The molecule has 0 fully saturated rings. The van der Waals surface area contributed by atoms with Crippen LogP contribution in [-0.4, -0.2) is 25.3 Å². The lowest BCUT2D eigenvalue weighted by molar-refractivity contribution is 0.189. The lowest BCUT2D eigenvalue weighted by Gasteiger charge is -2.27. The maximum Gasteiger partial charge on any atom is 0.264 e. The van der Waals surface area contributed by atoms with Crippen LogP contribution < -0.4 is 10.2 Å². The number of hydrogen-bond donors (Lipinski definition) is 1. The molecule has 4 nitrogen and oxygen atoms in total. The number of hydrogen-bond acceptors (Lipinski definition) is 4. The number of nitrogens with zero attached hydrogens (tertiary/aromatic N) is 1. The molecule has 0 saturated heterocycles. The first-order valence-electron chi connectivity index (χ1n) is 7.73. The minimum atomic E-state index is -3.48. The Labute approximate surface area is 152 Å². The summed E-state index contributed by atoms with van der Waals surface area (Å²) in [5.41, 5.74) is 1.56. The number of anilines is 1. The second-order valence-corrected chi connectivity index (χ2v) is 9.41. The van der Waals surface area contributed by atoms with E-state index < -0.39 is 13.2 Å². The SMILES string of the molecule is CC(C)O[P@@](=O)(c1ccc(N(C)C)cc1)[C@H](O)c1ccc(Br)cc1. The maximum absolute atomic E-state index is 13.6. The minimum Gasteiger partial charge on any atom is -0.378 e. The van der Waals surface area contributed by atoms with Gasteiger partial charge in [-0.2, -0.15) is 0 Å². The number of rotatable bonds is 6. The summed E-state index contributed by atoms with van der Waals surface area (Å²) in [5.74, 6) is -1.21. The monoisotopic (exact) mass is 411 g/mol. The molecule has 0 aliphatic heterocycles. The molecular weight excluding hydrogens is 389 g/mol. The molecule has 0 radical (unpaired) electrons. The van der Waals surface area contributed by atoms with Crippen molar-refractivity contribution < 1.29 is 14.2 Å². The highest BCUT2D eigenvalue weighted by atomic mass is 79.9. The standard InChI is InChI=1S/C18H23BrNO3P/c1-13(2)23-24(22,17-11-9-16(10-12-17)20(3)4)18(21)14-5-7-15(19)8-6-14/h5-13,18,21H,1-4H3/t18-,24-/m0/s1. The molecule has 130 valence electrons. The van der Waals surface area contributed by atoms with Crippen molar-refractivity contribution in [3.8, 4) is 0 Å². The quantitative estimate of drug-likeness (QED) is 0.709. The Hall–Kier alpha value is -1.13. The molecular formula is C18H23BrNO3P. The lowest BCUT2D eigenvalue weighted by Crippen LogP contribution is -2.18. The second-order valence-electron chi connectivity index (χ2n) is 6.09. The van der Waals surface area contributed by atoms with Crippen molar-refractivity contribution >= 4 is 34.3 Å². The first-order chi connectivity index (χ1) is 11.2. The third-order valence-electron chi connectivity index (χ3n) is 3.58. The van der Waals surface area contributed by atoms with Gasteiger partial charge in [0.2, 0.25) is 0 Å². The van der Waals surface area contributed by atoms with Crippen LogP contribution in [0, 0.1) is 0 Å². The van der Waals surface area contributed by atoms with Gasteiger partial charge in [-0.25, -0.2) is 0 Å². The van der Waals surface area contributed by atoms with Crippen molar-refractivity contribution in [1.82, 2.24) is 0 Å². The number of aliphatic hydroxyl groups excluding tert-OH is 1. The van der Waals surface area contributed by atoms with Gasteiger partial charge in [-0.05, 0) is 55.8 Å². The summed E-state index contributed by atoms with van der Waals surface area (Å²) in [6, 6.07) is 14.4. The van der Waals surface area contributed by atoms with Crippen molar-refractivity contribution in [3.63, 3.8) is 0 Å². The minimum absolute atomic E-state index is 0.269. The van der Waals surface area contributed by atoms with E-state index in [1.165, 1.54) is 0 Å². The van der Waals surface area contributed by atoms with Gasteiger partial charge >= 0.3 is 0 Å². The molecule has 2 atom stereocenters. The van der Waals surface area contributed by atoms with Gasteiger partial charge in [-0.1, -0.05) is 28.1 Å². The first kappa shape index (κ1) is 19.2. The van der Waals surface area contributed by atoms with E-state index in [0.29, 0.717) is 10.9 Å². The Morgan fingerprint density at radius 3 is 2.04 bits per heavy atom. The fourth-order valence-corrected chi connectivity index (χ4v) is 4.90. The zero-order valence-electron chi connectivity index (χ0n) is 14.3. The van der Waals surface area contributed by atoms with E-state index in [1.54, 1.807) is 24.3 Å². The fraction of sp³-hybridized carbons (Fsp3) is 0.333. The van der Waals surface area contributed by atoms with Crippen molar-refractivity contribution in [2.24, 2.45) is 0 Å². The van der Waals surface area contributed by atoms with Gasteiger partial charge in [-0.15, -0.1) is 0 Å². The van der Waals surface area contributed by atoms with Gasteiger partial charge in [0.15, 0.2) is 5.85 Å². The predicted octanol–water partition coefficient (Wildman–Crippen LogP) is 4.53. The summed E-state index contributed by atoms with van der Waals surface area (Å²) in [5, 5.41) is 11.3. The molecule has 24 heavy (non-hydrogen) atoms. The first-order valence-corrected chi connectivity index (χ1v) is 10.2. The van der Waals surface area contributed by atoms with Gasteiger partial charge in [0.05, 0.1) is 6.10 Å². The van der Waals surface area contributed by atoms with E-state index in [0.717, 1.165) is 10.2 Å². The molecule has 6 heteroatoms. The summed E-state index contributed by atoms with van der Waals surface area (Å²) in [6.07, 6.45) is -0.269. The smallest absolute Gasteiger partial charge is 0.264 e. The molecule has 2 rings (SSSR count). The van der Waals surface area contributed by atoms with Crippen molar-refractivity contribution in [1.29, 1.82) is 0 Å². The molecule has 0 heterocycles. The summed E-state index contributed by atoms with van der Waals surface area (Å²) in [4.78, 5) is 1.96. The van der Waals surface area contributed by atoms with Crippen LogP contribution in [0.15, 0.2) is 53.0 Å². The number of benzene rings is 2. The molecule has 1 N–H and O–H groups in total. The second kappa shape index (κ2) is 7.83. The van der Waals surface area contributed by atoms with Crippen LogP contribution in [0.1, 0.15) is 25.3 Å². The average Bonchev–Trinajstić information content (AvgIpc) is 2.54. The van der Waals surface area contributed by atoms with Gasteiger partial charge in [-0.3, -0.25) is 4.57 Å². The highest BCUT2D eigenvalue weighted by Gasteiger charge is 2.37. The van der Waals surface area contributed by atoms with Crippen molar-refractivity contribution in [2.75, 3.05) is 19.0 Å². The van der Waals surface area contributed by atoms with Crippen LogP contribution in [0.4, 0.5) is 5.69 Å². The van der Waals surface area contributed by atoms with E-state index in [1.807, 2.05) is 57.1 Å². The van der Waals surface area contributed by atoms with Crippen LogP contribution in [0.25, 0.3) is 0 Å². The lowest BCUT2D eigenvalue weighted by atomic mass is 10.2. The Morgan fingerprint density at radius 1 is 1.04 bits per heavy atom. The normalized spacial score (nSPS) is 15.1. The van der Waals surface area contributed by atoms with Crippen LogP contribution in [0.3, 0.4) is 0 Å². The predicted molar refractivity (Wildman–Crippen MR) is 103 cm³/mol. The Bertz CT molecular complexity index is 714. The molecule has 0 unspecified atom stereocenters. The van der Waals surface area contributed by atoms with Gasteiger partial charge in [0.1, 0.15) is 0 Å². The van der Waals surface area contributed by atoms with Gasteiger partial charge < -0.3 is 14.5 Å². The summed E-state index contributed by atoms with van der Waals surface area (Å²) >= 11 is 3.37. The van der Waals surface area contributed by atoms with E-state index in [4.69, 9.17) is 4.52 Å². The molecule has 0 saturated carbocycles. The van der Waals surface area contributed by atoms with Gasteiger partial charge in [0.25, 0.3) is 7.37 Å². The number of aliphatic hydroxyl groups is 1. The molecule has 2 aromatic rings.